The molecule has 0 radical (unpaired) electrons. The van der Waals surface area contributed by atoms with Crippen LogP contribution in [0.3, 0.4) is 0 Å². The summed E-state index contributed by atoms with van der Waals surface area (Å²) in [6, 6.07) is 8.25. The van der Waals surface area contributed by atoms with E-state index in [9.17, 15) is 23.1 Å². The summed E-state index contributed by atoms with van der Waals surface area (Å²) < 4.78 is 23.8. The second kappa shape index (κ2) is 7.04. The molecular formula is C17H16O7S. The molecule has 0 fully saturated rings. The van der Waals surface area contributed by atoms with Crippen molar-refractivity contribution in [1.82, 2.24) is 0 Å². The van der Waals surface area contributed by atoms with Crippen molar-refractivity contribution >= 4 is 21.8 Å². The number of sulfone groups is 1. The zero-order chi connectivity index (χ0) is 18.8. The molecule has 0 atom stereocenters. The van der Waals surface area contributed by atoms with Crippen molar-refractivity contribution in [3.05, 3.63) is 53.1 Å². The Hall–Kier alpha value is -2.71. The molecule has 0 saturated heterocycles. The highest BCUT2D eigenvalue weighted by molar-refractivity contribution is 7.91. The van der Waals surface area contributed by atoms with Gasteiger partial charge < -0.3 is 15.3 Å². The normalized spacial score (nSPS) is 11.3. The maximum absolute atomic E-state index is 11.9. The van der Waals surface area contributed by atoms with Crippen molar-refractivity contribution in [3.63, 3.8) is 0 Å². The number of hydrogen-bond acceptors (Lipinski definition) is 5. The molecule has 2 aromatic rings. The lowest BCUT2D eigenvalue weighted by Gasteiger charge is -2.12. The van der Waals surface area contributed by atoms with Gasteiger partial charge in [0.25, 0.3) is 0 Å². The first-order chi connectivity index (χ1) is 11.7. The number of carbonyl (C=O) groups is 2. The Kier molecular flexibility index (Phi) is 5.24. The van der Waals surface area contributed by atoms with Crippen LogP contribution in [0.1, 0.15) is 26.3 Å². The molecule has 0 aliphatic carbocycles. The van der Waals surface area contributed by atoms with Crippen LogP contribution in [-0.2, 0) is 9.84 Å². The summed E-state index contributed by atoms with van der Waals surface area (Å²) in [6.45, 7) is 0.916. The Labute approximate surface area is 144 Å². The molecule has 2 aromatic carbocycles. The summed E-state index contributed by atoms with van der Waals surface area (Å²) in [7, 11) is -3.61. The van der Waals surface area contributed by atoms with Crippen molar-refractivity contribution < 1.29 is 33.3 Å². The Morgan fingerprint density at radius 1 is 0.960 bits per heavy atom. The van der Waals surface area contributed by atoms with E-state index >= 15 is 0 Å². The van der Waals surface area contributed by atoms with Crippen LogP contribution in [0, 0.1) is 6.92 Å². The number of carboxylic acids is 2. The van der Waals surface area contributed by atoms with Crippen LogP contribution in [0.5, 0.6) is 0 Å². The lowest BCUT2D eigenvalue weighted by molar-refractivity contribution is 0.0696. The molecule has 2 rings (SSSR count). The van der Waals surface area contributed by atoms with Gasteiger partial charge >= 0.3 is 11.9 Å². The molecule has 0 aliphatic rings. The van der Waals surface area contributed by atoms with Gasteiger partial charge in [0, 0.05) is 0 Å². The number of aliphatic hydroxyl groups excluding tert-OH is 1. The average molecular weight is 364 g/mol. The van der Waals surface area contributed by atoms with Crippen molar-refractivity contribution in [2.75, 3.05) is 12.4 Å². The number of hydrogen-bond donors (Lipinski definition) is 3. The first-order valence-corrected chi connectivity index (χ1v) is 8.88. The number of aliphatic hydroxyl groups is 1. The third-order valence-electron chi connectivity index (χ3n) is 3.79. The van der Waals surface area contributed by atoms with Crippen LogP contribution in [0.4, 0.5) is 0 Å². The summed E-state index contributed by atoms with van der Waals surface area (Å²) in [6.07, 6.45) is 0. The standard InChI is InChI=1S/C17H16O7S/c1-10-13(16(19)20)6-7-14(15(10)17(21)22)11-2-4-12(5-3-11)25(23,24)9-8-18/h2-7,18H,8-9H2,1H3,(H,19,20)(H,21,22). The molecule has 7 nitrogen and oxygen atoms in total. The van der Waals surface area contributed by atoms with Crippen LogP contribution in [0.2, 0.25) is 0 Å². The highest BCUT2D eigenvalue weighted by atomic mass is 32.2. The zero-order valence-corrected chi connectivity index (χ0v) is 14.1. The molecule has 25 heavy (non-hydrogen) atoms. The third kappa shape index (κ3) is 3.70. The minimum atomic E-state index is -3.61. The smallest absolute Gasteiger partial charge is 0.336 e. The fourth-order valence-corrected chi connectivity index (χ4v) is 3.57. The lowest BCUT2D eigenvalue weighted by Crippen LogP contribution is -2.10. The fraction of sp³-hybridized carbons (Fsp3) is 0.176. The van der Waals surface area contributed by atoms with Crippen LogP contribution < -0.4 is 0 Å². The number of carboxylic acid groups (broad SMARTS) is 2. The maximum Gasteiger partial charge on any atom is 0.336 e. The number of rotatable bonds is 6. The minimum absolute atomic E-state index is 0.0149. The van der Waals surface area contributed by atoms with Crippen molar-refractivity contribution in [2.24, 2.45) is 0 Å². The van der Waals surface area contributed by atoms with Gasteiger partial charge in [0.15, 0.2) is 9.84 Å². The topological polar surface area (TPSA) is 129 Å². The molecule has 0 heterocycles. The SMILES string of the molecule is Cc1c(C(=O)O)ccc(-c2ccc(S(=O)(=O)CCO)cc2)c1C(=O)O. The zero-order valence-electron chi connectivity index (χ0n) is 13.3. The maximum atomic E-state index is 11.9. The quantitative estimate of drug-likeness (QED) is 0.713. The Balaban J connectivity index is 2.58. The largest absolute Gasteiger partial charge is 0.478 e. The van der Waals surface area contributed by atoms with E-state index in [2.05, 4.69) is 0 Å². The monoisotopic (exact) mass is 364 g/mol. The van der Waals surface area contributed by atoms with E-state index in [1.807, 2.05) is 0 Å². The molecule has 0 bridgehead atoms. The van der Waals surface area contributed by atoms with Gasteiger partial charge in [-0.15, -0.1) is 0 Å². The van der Waals surface area contributed by atoms with Gasteiger partial charge in [-0.25, -0.2) is 18.0 Å². The van der Waals surface area contributed by atoms with Crippen LogP contribution >= 0.6 is 0 Å². The van der Waals surface area contributed by atoms with Gasteiger partial charge in [0.2, 0.25) is 0 Å². The van der Waals surface area contributed by atoms with Crippen molar-refractivity contribution in [1.29, 1.82) is 0 Å². The first-order valence-electron chi connectivity index (χ1n) is 7.23. The summed E-state index contributed by atoms with van der Waals surface area (Å²) >= 11 is 0. The molecule has 0 amide bonds. The summed E-state index contributed by atoms with van der Waals surface area (Å²) in [5.74, 6) is -2.90. The fourth-order valence-electron chi connectivity index (χ4n) is 2.54. The molecule has 0 aromatic heterocycles. The number of aromatic carboxylic acids is 2. The molecule has 0 saturated carbocycles. The molecule has 0 aliphatic heterocycles. The highest BCUT2D eigenvalue weighted by Gasteiger charge is 2.21. The van der Waals surface area contributed by atoms with Crippen LogP contribution in [-0.4, -0.2) is 48.0 Å². The molecule has 0 spiro atoms. The summed E-state index contributed by atoms with van der Waals surface area (Å²) in [5.41, 5.74) is 0.602. The second-order valence-corrected chi connectivity index (χ2v) is 7.45. The second-order valence-electron chi connectivity index (χ2n) is 5.34. The molecule has 0 unspecified atom stereocenters. The molecule has 3 N–H and O–H groups in total. The average Bonchev–Trinajstić information content (AvgIpc) is 2.53. The van der Waals surface area contributed by atoms with E-state index in [0.717, 1.165) is 0 Å². The molecule has 8 heteroatoms. The summed E-state index contributed by atoms with van der Waals surface area (Å²) in [4.78, 5) is 22.8. The lowest BCUT2D eigenvalue weighted by atomic mass is 9.92. The van der Waals surface area contributed by atoms with Gasteiger partial charge in [-0.2, -0.15) is 0 Å². The predicted molar refractivity (Wildman–Crippen MR) is 89.7 cm³/mol. The van der Waals surface area contributed by atoms with Gasteiger partial charge in [-0.1, -0.05) is 18.2 Å². The Morgan fingerprint density at radius 3 is 2.04 bits per heavy atom. The summed E-state index contributed by atoms with van der Waals surface area (Å²) in [5, 5.41) is 27.4. The van der Waals surface area contributed by atoms with Gasteiger partial charge in [-0.3, -0.25) is 0 Å². The van der Waals surface area contributed by atoms with Crippen LogP contribution in [0.25, 0.3) is 11.1 Å². The van der Waals surface area contributed by atoms with Crippen molar-refractivity contribution in [2.45, 2.75) is 11.8 Å². The highest BCUT2D eigenvalue weighted by Crippen LogP contribution is 2.29. The van der Waals surface area contributed by atoms with E-state index in [1.54, 1.807) is 0 Å². The van der Waals surface area contributed by atoms with Crippen molar-refractivity contribution in [3.8, 4) is 11.1 Å². The van der Waals surface area contributed by atoms with E-state index in [-0.39, 0.29) is 21.6 Å². The third-order valence-corrected chi connectivity index (χ3v) is 5.50. The van der Waals surface area contributed by atoms with E-state index in [4.69, 9.17) is 10.2 Å². The van der Waals surface area contributed by atoms with Crippen LogP contribution in [0.15, 0.2) is 41.3 Å². The first kappa shape index (κ1) is 18.6. The van der Waals surface area contributed by atoms with E-state index in [0.29, 0.717) is 11.1 Å². The molecule has 132 valence electrons. The number of benzene rings is 2. The van der Waals surface area contributed by atoms with Gasteiger partial charge in [-0.05, 0) is 41.8 Å². The molecular weight excluding hydrogens is 348 g/mol. The predicted octanol–water partition coefficient (Wildman–Crippen LogP) is 1.82. The Morgan fingerprint density at radius 2 is 1.56 bits per heavy atom. The van der Waals surface area contributed by atoms with E-state index < -0.39 is 34.1 Å². The van der Waals surface area contributed by atoms with Gasteiger partial charge in [0.1, 0.15) is 0 Å². The Bertz CT molecular complexity index is 928. The van der Waals surface area contributed by atoms with Gasteiger partial charge in [0.05, 0.1) is 28.4 Å². The minimum Gasteiger partial charge on any atom is -0.478 e. The van der Waals surface area contributed by atoms with E-state index in [1.165, 1.54) is 43.3 Å².